The topological polar surface area (TPSA) is 29.5 Å². The van der Waals surface area contributed by atoms with Gasteiger partial charge in [0.25, 0.3) is 0 Å². The highest BCUT2D eigenvalue weighted by Gasteiger charge is 2.36. The lowest BCUT2D eigenvalue weighted by Gasteiger charge is -2.37. The summed E-state index contributed by atoms with van der Waals surface area (Å²) in [5.41, 5.74) is 7.50. The predicted molar refractivity (Wildman–Crippen MR) is 331 cm³/mol. The van der Waals surface area contributed by atoms with Gasteiger partial charge in [-0.05, 0) is 23.8 Å². The van der Waals surface area contributed by atoms with Crippen LogP contribution in [0.4, 0.5) is 5.69 Å². The van der Waals surface area contributed by atoms with Crippen LogP contribution in [0.25, 0.3) is 55.0 Å². The number of rotatable bonds is 27. The first-order valence-electron chi connectivity index (χ1n) is 28.4. The van der Waals surface area contributed by atoms with Crippen LogP contribution in [0.1, 0.15) is 119 Å². The number of hydrogen-bond donors (Lipinski definition) is 0. The lowest BCUT2D eigenvalue weighted by atomic mass is 10.0. The Labute approximate surface area is 443 Å². The van der Waals surface area contributed by atoms with Gasteiger partial charge in [-0.15, -0.1) is 0 Å². The van der Waals surface area contributed by atoms with Crippen molar-refractivity contribution >= 4 is 109 Å². The standard InChI is InChI=1S/C66H81NO2P2Si2/c1-7-13-44-72(45-14-8-2,46-15-9-3)53-40-38-52(39-41-53)71(51-28-20-19-21-29-51)67(61-35-27-34-58-56-31-23-25-37-63(56)69-66(58)61)70-64-43-42-54(73(47-16-10-4,48-17-11-5)49-18-12-6)50-60(64)59-33-26-32-57-55-30-22-24-36-62(55)68-65(57)59/h19-43,50,70H,7-18,44-49H2,1-6H3. The fourth-order valence-corrected chi connectivity index (χ4v) is 27.6. The molecule has 0 fully saturated rings. The maximum atomic E-state index is 7.05. The quantitative estimate of drug-likeness (QED) is 0.0380. The number of benzene rings is 7. The average molecular weight is 1040 g/mol. The van der Waals surface area contributed by atoms with Gasteiger partial charge in [-0.25, -0.2) is 0 Å². The van der Waals surface area contributed by atoms with Crippen LogP contribution < -0.4 is 30.7 Å². The number of furan rings is 2. The van der Waals surface area contributed by atoms with E-state index in [9.17, 15) is 0 Å². The number of fused-ring (bicyclic) bond motifs is 6. The summed E-state index contributed by atoms with van der Waals surface area (Å²) >= 11 is 0. The molecule has 0 aliphatic heterocycles. The average Bonchev–Trinajstić information content (AvgIpc) is 4.02. The van der Waals surface area contributed by atoms with Gasteiger partial charge in [-0.1, -0.05) is 305 Å². The second kappa shape index (κ2) is 25.2. The highest BCUT2D eigenvalue weighted by Crippen LogP contribution is 2.53. The minimum Gasteiger partial charge on any atom is -0.455 e. The SMILES string of the molecule is CCCC[Si](CCCC)(CCCC)c1ccc(P(c2ccccc2)N(Pc2ccc([Si](CCCC)(CCCC)CCCC)cc2-c2cccc3c2oc2ccccc23)c2cccc3c2oc2ccccc23)cc1. The van der Waals surface area contributed by atoms with Gasteiger partial charge in [0.1, 0.15) is 16.7 Å². The molecule has 0 saturated heterocycles. The summed E-state index contributed by atoms with van der Waals surface area (Å²) in [6.45, 7) is 14.3. The molecule has 7 heteroatoms. The van der Waals surface area contributed by atoms with Gasteiger partial charge in [-0.2, -0.15) is 0 Å². The number of nitrogens with zero attached hydrogens (tertiary/aromatic N) is 1. The zero-order valence-corrected chi connectivity index (χ0v) is 48.8. The molecule has 0 N–H and O–H groups in total. The molecular formula is C66H81NO2P2Si2. The fraction of sp³-hybridized carbons (Fsp3) is 0.364. The Kier molecular flexibility index (Phi) is 18.3. The number of anilines is 1. The molecule has 0 aliphatic carbocycles. The second-order valence-electron chi connectivity index (χ2n) is 21.1. The van der Waals surface area contributed by atoms with E-state index < -0.39 is 24.2 Å². The maximum absolute atomic E-state index is 7.05. The van der Waals surface area contributed by atoms with Gasteiger partial charge in [0, 0.05) is 51.8 Å². The predicted octanol–water partition coefficient (Wildman–Crippen LogP) is 19.0. The van der Waals surface area contributed by atoms with E-state index in [1.807, 2.05) is 0 Å². The van der Waals surface area contributed by atoms with Crippen LogP contribution in [0, 0.1) is 0 Å². The molecule has 2 unspecified atom stereocenters. The summed E-state index contributed by atoms with van der Waals surface area (Å²) in [6.07, 6.45) is 15.4. The Hall–Kier alpha value is -4.77. The van der Waals surface area contributed by atoms with E-state index >= 15 is 0 Å². The monoisotopic (exact) mass is 1040 g/mol. The minimum absolute atomic E-state index is 0.292. The molecule has 0 radical (unpaired) electrons. The summed E-state index contributed by atoms with van der Waals surface area (Å²) in [7, 11) is -4.44. The molecule has 9 rings (SSSR count). The molecule has 380 valence electrons. The molecule has 0 spiro atoms. The minimum atomic E-state index is -1.90. The van der Waals surface area contributed by atoms with E-state index in [1.165, 1.54) is 157 Å². The highest BCUT2D eigenvalue weighted by molar-refractivity contribution is 7.83. The molecule has 73 heavy (non-hydrogen) atoms. The molecule has 3 nitrogen and oxygen atoms in total. The van der Waals surface area contributed by atoms with Gasteiger partial charge >= 0.3 is 0 Å². The van der Waals surface area contributed by atoms with Crippen LogP contribution in [0.2, 0.25) is 36.3 Å². The molecule has 2 aromatic heterocycles. The van der Waals surface area contributed by atoms with Crippen molar-refractivity contribution in [2.75, 3.05) is 4.44 Å². The largest absolute Gasteiger partial charge is 0.455 e. The molecule has 2 heterocycles. The molecule has 9 aromatic rings. The van der Waals surface area contributed by atoms with Crippen LogP contribution in [-0.4, -0.2) is 16.1 Å². The van der Waals surface area contributed by atoms with E-state index in [0.717, 1.165) is 33.4 Å². The number of hydrogen-bond acceptors (Lipinski definition) is 3. The summed E-state index contributed by atoms with van der Waals surface area (Å²) in [5, 5.41) is 12.1. The normalized spacial score (nSPS) is 12.8. The van der Waals surface area contributed by atoms with E-state index in [1.54, 1.807) is 10.4 Å². The van der Waals surface area contributed by atoms with Crippen LogP contribution >= 0.6 is 16.8 Å². The number of unbranched alkanes of at least 4 members (excludes halogenated alkanes) is 6. The van der Waals surface area contributed by atoms with Crippen molar-refractivity contribution in [2.24, 2.45) is 0 Å². The molecule has 0 amide bonds. The third-order valence-electron chi connectivity index (χ3n) is 16.1. The van der Waals surface area contributed by atoms with Gasteiger partial charge in [0.15, 0.2) is 5.58 Å². The van der Waals surface area contributed by atoms with Crippen LogP contribution in [0.15, 0.2) is 167 Å². The van der Waals surface area contributed by atoms with E-state index in [-0.39, 0.29) is 0 Å². The summed E-state index contributed by atoms with van der Waals surface area (Å²) in [5.74, 6) is 0. The Morgan fingerprint density at radius 3 is 1.38 bits per heavy atom. The Bertz CT molecular complexity index is 3130. The van der Waals surface area contributed by atoms with Gasteiger partial charge in [-0.3, -0.25) is 0 Å². The second-order valence-corrected chi connectivity index (χ2v) is 34.0. The van der Waals surface area contributed by atoms with E-state index in [0.29, 0.717) is 8.73 Å². The zero-order valence-electron chi connectivity index (χ0n) is 44.9. The first-order valence-corrected chi connectivity index (χ1v) is 35.9. The van der Waals surface area contributed by atoms with Crippen molar-refractivity contribution < 1.29 is 8.83 Å². The van der Waals surface area contributed by atoms with Gasteiger partial charge < -0.3 is 13.3 Å². The molecule has 0 aliphatic rings. The summed E-state index contributed by atoms with van der Waals surface area (Å²) < 4.78 is 16.8. The third kappa shape index (κ3) is 11.4. The molecule has 0 bridgehead atoms. The van der Waals surface area contributed by atoms with Crippen LogP contribution in [0.3, 0.4) is 0 Å². The highest BCUT2D eigenvalue weighted by atomic mass is 31.2. The van der Waals surface area contributed by atoms with Crippen molar-refractivity contribution in [3.05, 3.63) is 158 Å². The lowest BCUT2D eigenvalue weighted by Crippen LogP contribution is -2.48. The van der Waals surface area contributed by atoms with E-state index in [2.05, 4.69) is 204 Å². The fourth-order valence-electron chi connectivity index (χ4n) is 12.0. The molecule has 2 atom stereocenters. The molecular weight excluding hydrogens is 957 g/mol. The van der Waals surface area contributed by atoms with Crippen molar-refractivity contribution in [1.29, 1.82) is 0 Å². The molecule has 0 saturated carbocycles. The van der Waals surface area contributed by atoms with E-state index in [4.69, 9.17) is 8.83 Å². The van der Waals surface area contributed by atoms with Crippen molar-refractivity contribution in [3.63, 3.8) is 0 Å². The summed E-state index contributed by atoms with van der Waals surface area (Å²) in [4.78, 5) is 0. The van der Waals surface area contributed by atoms with Gasteiger partial charge in [0.05, 0.1) is 29.9 Å². The zero-order chi connectivity index (χ0) is 50.6. The first-order chi connectivity index (χ1) is 35.9. The first kappa shape index (κ1) is 53.1. The Balaban J connectivity index is 1.29. The van der Waals surface area contributed by atoms with Crippen LogP contribution in [0.5, 0.6) is 0 Å². The summed E-state index contributed by atoms with van der Waals surface area (Å²) in [6, 6.07) is 68.9. The van der Waals surface area contributed by atoms with Crippen molar-refractivity contribution in [1.82, 2.24) is 0 Å². The third-order valence-corrected chi connectivity index (χ3v) is 31.3. The Morgan fingerprint density at radius 1 is 0.397 bits per heavy atom. The van der Waals surface area contributed by atoms with Gasteiger partial charge in [0.2, 0.25) is 0 Å². The smallest absolute Gasteiger partial charge is 0.159 e. The lowest BCUT2D eigenvalue weighted by molar-refractivity contribution is 0.669. The molecule has 7 aromatic carbocycles. The Morgan fingerprint density at radius 2 is 0.836 bits per heavy atom. The maximum Gasteiger partial charge on any atom is 0.159 e. The van der Waals surface area contributed by atoms with Crippen molar-refractivity contribution in [2.45, 2.75) is 155 Å². The van der Waals surface area contributed by atoms with Crippen LogP contribution in [-0.2, 0) is 0 Å². The number of para-hydroxylation sites is 4. The van der Waals surface area contributed by atoms with Crippen molar-refractivity contribution in [3.8, 4) is 11.1 Å².